The minimum absolute atomic E-state index is 0.0187. The molecule has 5 heteroatoms. The second kappa shape index (κ2) is 4.08. The van der Waals surface area contributed by atoms with Gasteiger partial charge in [-0.1, -0.05) is 6.92 Å². The lowest BCUT2D eigenvalue weighted by Crippen LogP contribution is -2.10. The van der Waals surface area contributed by atoms with Gasteiger partial charge < -0.3 is 10.8 Å². The van der Waals surface area contributed by atoms with Crippen LogP contribution in [0.1, 0.15) is 48.3 Å². The molecule has 0 saturated heterocycles. The Kier molecular flexibility index (Phi) is 2.77. The average Bonchev–Trinajstić information content (AvgIpc) is 2.64. The van der Waals surface area contributed by atoms with E-state index in [0.717, 1.165) is 12.8 Å². The minimum Gasteiger partial charge on any atom is -0.477 e. The molecule has 2 rings (SSSR count). The van der Waals surface area contributed by atoms with E-state index in [1.165, 1.54) is 12.6 Å². The van der Waals surface area contributed by atoms with Crippen molar-refractivity contribution < 1.29 is 9.90 Å². The number of nitrogens with zero attached hydrogens (tertiary/aromatic N) is 2. The van der Waals surface area contributed by atoms with Gasteiger partial charge in [0.15, 0.2) is 0 Å². The molecular formula is C11H15N3O2. The number of nitrogen functional groups attached to an aromatic ring is 1. The Hall–Kier alpha value is -1.65. The molecule has 1 aromatic heterocycles. The van der Waals surface area contributed by atoms with Crippen molar-refractivity contribution in [3.8, 4) is 0 Å². The SMILES string of the molecule is CC1CCC(c2ncc(C(=O)O)c(N)n2)C1. The third-order valence-electron chi connectivity index (χ3n) is 3.13. The smallest absolute Gasteiger partial charge is 0.341 e. The number of aromatic carboxylic acids is 1. The maximum atomic E-state index is 10.7. The van der Waals surface area contributed by atoms with Crippen LogP contribution in [-0.4, -0.2) is 21.0 Å². The first-order chi connectivity index (χ1) is 7.58. The van der Waals surface area contributed by atoms with E-state index in [1.54, 1.807) is 0 Å². The molecule has 0 amide bonds. The van der Waals surface area contributed by atoms with Gasteiger partial charge >= 0.3 is 5.97 Å². The first-order valence-corrected chi connectivity index (χ1v) is 5.43. The predicted octanol–water partition coefficient (Wildman–Crippen LogP) is 1.66. The van der Waals surface area contributed by atoms with Gasteiger partial charge in [0.05, 0.1) is 0 Å². The monoisotopic (exact) mass is 221 g/mol. The molecule has 86 valence electrons. The molecule has 0 radical (unpaired) electrons. The summed E-state index contributed by atoms with van der Waals surface area (Å²) in [6.45, 7) is 2.20. The van der Waals surface area contributed by atoms with Crippen molar-refractivity contribution in [3.05, 3.63) is 17.6 Å². The Morgan fingerprint density at radius 1 is 1.56 bits per heavy atom. The summed E-state index contributed by atoms with van der Waals surface area (Å²) in [7, 11) is 0. The van der Waals surface area contributed by atoms with Gasteiger partial charge in [-0.3, -0.25) is 0 Å². The van der Waals surface area contributed by atoms with Gasteiger partial charge in [-0.25, -0.2) is 14.8 Å². The fraction of sp³-hybridized carbons (Fsp3) is 0.545. The van der Waals surface area contributed by atoms with Crippen molar-refractivity contribution in [1.29, 1.82) is 0 Å². The summed E-state index contributed by atoms with van der Waals surface area (Å²) in [4.78, 5) is 18.9. The predicted molar refractivity (Wildman–Crippen MR) is 59.2 cm³/mol. The standard InChI is InChI=1S/C11H15N3O2/c1-6-2-3-7(4-6)10-13-5-8(11(15)16)9(12)14-10/h5-7H,2-4H2,1H3,(H,15,16)(H2,12,13,14). The van der Waals surface area contributed by atoms with Crippen LogP contribution in [0.4, 0.5) is 5.82 Å². The minimum atomic E-state index is -1.08. The van der Waals surface area contributed by atoms with Gasteiger partial charge in [0.2, 0.25) is 0 Å². The summed E-state index contributed by atoms with van der Waals surface area (Å²) >= 11 is 0. The van der Waals surface area contributed by atoms with Gasteiger partial charge in [-0.15, -0.1) is 0 Å². The lowest BCUT2D eigenvalue weighted by atomic mass is 10.1. The van der Waals surface area contributed by atoms with Crippen LogP contribution in [0.2, 0.25) is 0 Å². The van der Waals surface area contributed by atoms with Crippen molar-refractivity contribution in [2.45, 2.75) is 32.1 Å². The molecule has 0 bridgehead atoms. The molecule has 1 aromatic rings. The molecule has 1 aliphatic carbocycles. The Balaban J connectivity index is 2.24. The van der Waals surface area contributed by atoms with Crippen molar-refractivity contribution in [1.82, 2.24) is 9.97 Å². The third-order valence-corrected chi connectivity index (χ3v) is 3.13. The fourth-order valence-corrected chi connectivity index (χ4v) is 2.21. The van der Waals surface area contributed by atoms with Gasteiger partial charge in [0.1, 0.15) is 17.2 Å². The van der Waals surface area contributed by atoms with Crippen LogP contribution in [0.5, 0.6) is 0 Å². The summed E-state index contributed by atoms with van der Waals surface area (Å²) in [5.41, 5.74) is 5.57. The molecule has 1 saturated carbocycles. The molecule has 1 heterocycles. The van der Waals surface area contributed by atoms with Crippen LogP contribution < -0.4 is 5.73 Å². The second-order valence-electron chi connectivity index (χ2n) is 4.45. The molecule has 1 fully saturated rings. The first-order valence-electron chi connectivity index (χ1n) is 5.43. The zero-order valence-electron chi connectivity index (χ0n) is 9.18. The highest BCUT2D eigenvalue weighted by atomic mass is 16.4. The Morgan fingerprint density at radius 2 is 2.31 bits per heavy atom. The van der Waals surface area contributed by atoms with Crippen molar-refractivity contribution >= 4 is 11.8 Å². The largest absolute Gasteiger partial charge is 0.477 e. The van der Waals surface area contributed by atoms with Crippen LogP contribution >= 0.6 is 0 Å². The van der Waals surface area contributed by atoms with Crippen LogP contribution in [0.25, 0.3) is 0 Å². The van der Waals surface area contributed by atoms with E-state index in [9.17, 15) is 4.79 Å². The molecule has 1 aliphatic rings. The molecule has 5 nitrogen and oxygen atoms in total. The number of carboxylic acids is 1. The fourth-order valence-electron chi connectivity index (χ4n) is 2.21. The number of rotatable bonds is 2. The number of hydrogen-bond acceptors (Lipinski definition) is 4. The van der Waals surface area contributed by atoms with E-state index < -0.39 is 5.97 Å². The summed E-state index contributed by atoms with van der Waals surface area (Å²) in [5.74, 6) is 0.696. The number of hydrogen-bond donors (Lipinski definition) is 2. The van der Waals surface area contributed by atoms with Gasteiger partial charge in [0, 0.05) is 12.1 Å². The van der Waals surface area contributed by atoms with Crippen LogP contribution in [0, 0.1) is 5.92 Å². The van der Waals surface area contributed by atoms with Crippen LogP contribution in [0.15, 0.2) is 6.20 Å². The molecule has 0 aliphatic heterocycles. The number of carbonyl (C=O) groups is 1. The first kappa shape index (κ1) is 10.9. The maximum Gasteiger partial charge on any atom is 0.341 e. The Bertz CT molecular complexity index is 420. The van der Waals surface area contributed by atoms with E-state index in [-0.39, 0.29) is 11.4 Å². The summed E-state index contributed by atoms with van der Waals surface area (Å²) in [6, 6.07) is 0. The van der Waals surface area contributed by atoms with Gasteiger partial charge in [0.25, 0.3) is 0 Å². The van der Waals surface area contributed by atoms with Gasteiger partial charge in [-0.05, 0) is 25.2 Å². The summed E-state index contributed by atoms with van der Waals surface area (Å²) < 4.78 is 0. The third kappa shape index (κ3) is 1.98. The quantitative estimate of drug-likeness (QED) is 0.792. The van der Waals surface area contributed by atoms with E-state index in [0.29, 0.717) is 17.7 Å². The zero-order valence-corrected chi connectivity index (χ0v) is 9.18. The van der Waals surface area contributed by atoms with E-state index >= 15 is 0 Å². The Labute approximate surface area is 93.7 Å². The van der Waals surface area contributed by atoms with Crippen molar-refractivity contribution in [2.75, 3.05) is 5.73 Å². The average molecular weight is 221 g/mol. The zero-order chi connectivity index (χ0) is 11.7. The number of aromatic nitrogens is 2. The highest BCUT2D eigenvalue weighted by Gasteiger charge is 2.25. The molecule has 0 aromatic carbocycles. The van der Waals surface area contributed by atoms with E-state index in [1.807, 2.05) is 0 Å². The van der Waals surface area contributed by atoms with Crippen molar-refractivity contribution in [2.24, 2.45) is 5.92 Å². The second-order valence-corrected chi connectivity index (χ2v) is 4.45. The van der Waals surface area contributed by atoms with Gasteiger partial charge in [-0.2, -0.15) is 0 Å². The number of anilines is 1. The Morgan fingerprint density at radius 3 is 2.81 bits per heavy atom. The highest BCUT2D eigenvalue weighted by Crippen LogP contribution is 2.36. The molecule has 0 spiro atoms. The summed E-state index contributed by atoms with van der Waals surface area (Å²) in [5, 5.41) is 8.80. The number of carboxylic acid groups (broad SMARTS) is 1. The molecular weight excluding hydrogens is 206 g/mol. The van der Waals surface area contributed by atoms with Crippen LogP contribution in [0.3, 0.4) is 0 Å². The molecule has 3 N–H and O–H groups in total. The molecule has 2 atom stereocenters. The summed E-state index contributed by atoms with van der Waals surface area (Å²) in [6.07, 6.45) is 4.61. The van der Waals surface area contributed by atoms with E-state index in [4.69, 9.17) is 10.8 Å². The van der Waals surface area contributed by atoms with Crippen molar-refractivity contribution in [3.63, 3.8) is 0 Å². The van der Waals surface area contributed by atoms with Crippen LogP contribution in [-0.2, 0) is 0 Å². The normalized spacial score (nSPS) is 24.6. The topological polar surface area (TPSA) is 89.1 Å². The molecule has 16 heavy (non-hydrogen) atoms. The molecule has 2 unspecified atom stereocenters. The number of nitrogens with two attached hydrogens (primary N) is 1. The lowest BCUT2D eigenvalue weighted by molar-refractivity contribution is 0.0697. The van der Waals surface area contributed by atoms with E-state index in [2.05, 4.69) is 16.9 Å². The lowest BCUT2D eigenvalue weighted by Gasteiger charge is -2.09. The maximum absolute atomic E-state index is 10.7. The highest BCUT2D eigenvalue weighted by molar-refractivity contribution is 5.92.